The van der Waals surface area contributed by atoms with Crippen molar-refractivity contribution in [3.05, 3.63) is 63.9 Å². The molecule has 3 rings (SSSR count). The van der Waals surface area contributed by atoms with E-state index in [2.05, 4.69) is 15.3 Å². The molecule has 10 heteroatoms. The van der Waals surface area contributed by atoms with E-state index in [1.54, 1.807) is 35.0 Å². The lowest BCUT2D eigenvalue weighted by molar-refractivity contribution is 0.598. The van der Waals surface area contributed by atoms with E-state index < -0.39 is 10.0 Å². The molecule has 27 heavy (non-hydrogen) atoms. The quantitative estimate of drug-likeness (QED) is 0.605. The minimum atomic E-state index is -3.74. The second-order valence-corrected chi connectivity index (χ2v) is 8.14. The molecule has 2 N–H and O–H groups in total. The van der Waals surface area contributed by atoms with Crippen LogP contribution in [0, 0.1) is 13.8 Å². The molecule has 140 valence electrons. The lowest BCUT2D eigenvalue weighted by Gasteiger charge is -2.05. The van der Waals surface area contributed by atoms with E-state index in [0.717, 1.165) is 5.69 Å². The Balaban J connectivity index is 1.95. The molecule has 0 aliphatic heterocycles. The zero-order valence-corrected chi connectivity index (χ0v) is 16.7. The Labute approximate surface area is 166 Å². The van der Waals surface area contributed by atoms with Crippen molar-refractivity contribution in [1.29, 1.82) is 0 Å². The number of hydrogen-bond acceptors (Lipinski definition) is 5. The van der Waals surface area contributed by atoms with Crippen LogP contribution < -0.4 is 5.14 Å². The van der Waals surface area contributed by atoms with Crippen molar-refractivity contribution >= 4 is 44.6 Å². The predicted molar refractivity (Wildman–Crippen MR) is 105 cm³/mol. The molecule has 1 aromatic heterocycles. The van der Waals surface area contributed by atoms with Gasteiger partial charge in [-0.2, -0.15) is 10.2 Å². The molecule has 0 radical (unpaired) electrons. The smallest absolute Gasteiger partial charge is 0.236 e. The Morgan fingerprint density at radius 1 is 1.00 bits per heavy atom. The van der Waals surface area contributed by atoms with Gasteiger partial charge in [-0.3, -0.25) is 0 Å². The van der Waals surface area contributed by atoms with E-state index in [1.807, 2.05) is 13.8 Å². The van der Waals surface area contributed by atoms with E-state index >= 15 is 0 Å². The highest BCUT2D eigenvalue weighted by Gasteiger charge is 2.14. The van der Waals surface area contributed by atoms with Crippen LogP contribution in [0.25, 0.3) is 5.69 Å². The Morgan fingerprint density at radius 2 is 1.67 bits per heavy atom. The SMILES string of the molecule is Cc1nn(-c2ccc(S(N)(=O)=O)cc2)c(C)c1N=Nc1ccc(Cl)c(Cl)c1. The maximum absolute atomic E-state index is 11.4. The van der Waals surface area contributed by atoms with Gasteiger partial charge in [-0.1, -0.05) is 23.2 Å². The molecule has 0 saturated carbocycles. The maximum atomic E-state index is 11.4. The molecule has 1 heterocycles. The summed E-state index contributed by atoms with van der Waals surface area (Å²) < 4.78 is 24.4. The van der Waals surface area contributed by atoms with Crippen LogP contribution in [0.4, 0.5) is 11.4 Å². The van der Waals surface area contributed by atoms with Crippen LogP contribution in [0.3, 0.4) is 0 Å². The molecular weight excluding hydrogens is 409 g/mol. The summed E-state index contributed by atoms with van der Waals surface area (Å²) in [5, 5.41) is 18.9. The number of benzene rings is 2. The number of hydrogen-bond donors (Lipinski definition) is 1. The monoisotopic (exact) mass is 423 g/mol. The number of aryl methyl sites for hydroxylation is 1. The van der Waals surface area contributed by atoms with Crippen LogP contribution >= 0.6 is 23.2 Å². The molecule has 2 aromatic carbocycles. The van der Waals surface area contributed by atoms with Gasteiger partial charge in [-0.05, 0) is 56.3 Å². The first kappa shape index (κ1) is 19.5. The number of primary sulfonamides is 1. The topological polar surface area (TPSA) is 103 Å². The highest BCUT2D eigenvalue weighted by atomic mass is 35.5. The molecule has 0 bridgehead atoms. The average molecular weight is 424 g/mol. The Bertz CT molecular complexity index is 1140. The summed E-state index contributed by atoms with van der Waals surface area (Å²) in [7, 11) is -3.74. The summed E-state index contributed by atoms with van der Waals surface area (Å²) >= 11 is 11.9. The minimum absolute atomic E-state index is 0.0345. The molecule has 0 atom stereocenters. The summed E-state index contributed by atoms with van der Waals surface area (Å²) in [6.07, 6.45) is 0. The lowest BCUT2D eigenvalue weighted by Crippen LogP contribution is -2.12. The van der Waals surface area contributed by atoms with Crippen molar-refractivity contribution in [2.24, 2.45) is 15.4 Å². The first-order chi connectivity index (χ1) is 12.7. The van der Waals surface area contributed by atoms with Gasteiger partial charge in [0.2, 0.25) is 10.0 Å². The van der Waals surface area contributed by atoms with Gasteiger partial charge in [-0.15, -0.1) is 5.11 Å². The average Bonchev–Trinajstić information content (AvgIpc) is 2.89. The van der Waals surface area contributed by atoms with Gasteiger partial charge in [0, 0.05) is 0 Å². The first-order valence-electron chi connectivity index (χ1n) is 7.73. The van der Waals surface area contributed by atoms with E-state index in [4.69, 9.17) is 28.3 Å². The van der Waals surface area contributed by atoms with Crippen molar-refractivity contribution in [1.82, 2.24) is 9.78 Å². The molecule has 0 saturated heterocycles. The molecule has 0 fully saturated rings. The maximum Gasteiger partial charge on any atom is 0.238 e. The van der Waals surface area contributed by atoms with Gasteiger partial charge in [-0.25, -0.2) is 18.2 Å². The lowest BCUT2D eigenvalue weighted by atomic mass is 10.3. The van der Waals surface area contributed by atoms with E-state index in [1.165, 1.54) is 12.1 Å². The summed E-state index contributed by atoms with van der Waals surface area (Å²) in [5.41, 5.74) is 3.27. The number of halogens is 2. The van der Waals surface area contributed by atoms with E-state index in [9.17, 15) is 8.42 Å². The number of sulfonamides is 1. The van der Waals surface area contributed by atoms with Crippen molar-refractivity contribution < 1.29 is 8.42 Å². The summed E-state index contributed by atoms with van der Waals surface area (Å²) in [6.45, 7) is 3.65. The largest absolute Gasteiger partial charge is 0.238 e. The highest BCUT2D eigenvalue weighted by molar-refractivity contribution is 7.89. The van der Waals surface area contributed by atoms with Crippen molar-refractivity contribution in [2.75, 3.05) is 0 Å². The molecule has 0 amide bonds. The van der Waals surface area contributed by atoms with Crippen molar-refractivity contribution in [2.45, 2.75) is 18.7 Å². The van der Waals surface area contributed by atoms with Crippen LogP contribution in [0.2, 0.25) is 10.0 Å². The normalized spacial score (nSPS) is 12.0. The second kappa shape index (κ2) is 7.40. The number of nitrogens with two attached hydrogens (primary N) is 1. The van der Waals surface area contributed by atoms with Crippen molar-refractivity contribution in [3.8, 4) is 5.69 Å². The van der Waals surface area contributed by atoms with Crippen LogP contribution in [-0.4, -0.2) is 18.2 Å². The predicted octanol–water partition coefficient (Wildman–Crippen LogP) is 4.86. The van der Waals surface area contributed by atoms with E-state index in [-0.39, 0.29) is 4.90 Å². The fraction of sp³-hybridized carbons (Fsp3) is 0.118. The van der Waals surface area contributed by atoms with Gasteiger partial charge < -0.3 is 0 Å². The number of nitrogens with zero attached hydrogens (tertiary/aromatic N) is 4. The third kappa shape index (κ3) is 4.19. The zero-order chi connectivity index (χ0) is 19.8. The molecule has 0 aliphatic rings. The van der Waals surface area contributed by atoms with Crippen LogP contribution in [0.15, 0.2) is 57.6 Å². The number of azo groups is 1. The summed E-state index contributed by atoms with van der Waals surface area (Å²) in [6, 6.07) is 11.1. The summed E-state index contributed by atoms with van der Waals surface area (Å²) in [4.78, 5) is 0.0345. The Morgan fingerprint density at radius 3 is 2.26 bits per heavy atom. The zero-order valence-electron chi connectivity index (χ0n) is 14.4. The van der Waals surface area contributed by atoms with E-state index in [0.29, 0.717) is 32.8 Å². The highest BCUT2D eigenvalue weighted by Crippen LogP contribution is 2.30. The molecule has 0 unspecified atom stereocenters. The van der Waals surface area contributed by atoms with Gasteiger partial charge in [0.1, 0.15) is 5.69 Å². The Hall–Kier alpha value is -2.26. The first-order valence-corrected chi connectivity index (χ1v) is 10.0. The third-order valence-corrected chi connectivity index (χ3v) is 5.50. The summed E-state index contributed by atoms with van der Waals surface area (Å²) in [5.74, 6) is 0. The van der Waals surface area contributed by atoms with Gasteiger partial charge >= 0.3 is 0 Å². The van der Waals surface area contributed by atoms with Crippen molar-refractivity contribution in [3.63, 3.8) is 0 Å². The standard InChI is InChI=1S/C17H15Cl2N5O2S/c1-10-17(22-21-12-3-8-15(18)16(19)9-12)11(2)24(23-10)13-4-6-14(7-5-13)27(20,25)26/h3-9H,1-2H3,(H2,20,25,26). The fourth-order valence-electron chi connectivity index (χ4n) is 2.46. The second-order valence-electron chi connectivity index (χ2n) is 5.77. The Kier molecular flexibility index (Phi) is 5.34. The third-order valence-electron chi connectivity index (χ3n) is 3.83. The van der Waals surface area contributed by atoms with Crippen LogP contribution in [0.5, 0.6) is 0 Å². The fourth-order valence-corrected chi connectivity index (χ4v) is 3.27. The molecule has 0 aliphatic carbocycles. The van der Waals surface area contributed by atoms with Crippen LogP contribution in [-0.2, 0) is 10.0 Å². The van der Waals surface area contributed by atoms with Gasteiger partial charge in [0.05, 0.1) is 37.7 Å². The molecular formula is C17H15Cl2N5O2S. The number of rotatable bonds is 4. The molecule has 7 nitrogen and oxygen atoms in total. The minimum Gasteiger partial charge on any atom is -0.236 e. The van der Waals surface area contributed by atoms with Crippen LogP contribution in [0.1, 0.15) is 11.4 Å². The number of aromatic nitrogens is 2. The molecule has 3 aromatic rings. The molecule has 0 spiro atoms. The van der Waals surface area contributed by atoms with Gasteiger partial charge in [0.15, 0.2) is 0 Å². The van der Waals surface area contributed by atoms with Gasteiger partial charge in [0.25, 0.3) is 0 Å².